The number of hydrogen-bond donors (Lipinski definition) is 2. The molecule has 1 aromatic heterocycles. The van der Waals surface area contributed by atoms with Crippen molar-refractivity contribution < 1.29 is 9.59 Å². The van der Waals surface area contributed by atoms with Crippen LogP contribution >= 0.6 is 11.8 Å². The fourth-order valence-electron chi connectivity index (χ4n) is 3.45. The number of aromatic nitrogens is 3. The zero-order valence-electron chi connectivity index (χ0n) is 19.4. The number of hydrogen-bond acceptors (Lipinski definition) is 5. The van der Waals surface area contributed by atoms with Gasteiger partial charge in [-0.05, 0) is 63.1 Å². The lowest BCUT2D eigenvalue weighted by molar-refractivity contribution is -0.113. The molecule has 0 saturated heterocycles. The predicted molar refractivity (Wildman–Crippen MR) is 133 cm³/mol. The summed E-state index contributed by atoms with van der Waals surface area (Å²) < 4.78 is 1.86. The molecule has 0 aliphatic carbocycles. The molecule has 0 aliphatic heterocycles. The number of rotatable bonds is 9. The second-order valence-electron chi connectivity index (χ2n) is 8.01. The Labute approximate surface area is 198 Å². The third-order valence-corrected chi connectivity index (χ3v) is 5.91. The molecular weight excluding hydrogens is 434 g/mol. The van der Waals surface area contributed by atoms with Crippen molar-refractivity contribution >= 4 is 29.3 Å². The van der Waals surface area contributed by atoms with Gasteiger partial charge in [0.1, 0.15) is 0 Å². The van der Waals surface area contributed by atoms with Gasteiger partial charge in [-0.3, -0.25) is 9.59 Å². The van der Waals surface area contributed by atoms with Gasteiger partial charge in [-0.1, -0.05) is 41.6 Å². The first-order chi connectivity index (χ1) is 15.8. The highest BCUT2D eigenvalue weighted by Gasteiger charge is 2.20. The fourth-order valence-corrected chi connectivity index (χ4v) is 4.21. The topological polar surface area (TPSA) is 88.9 Å². The molecule has 172 valence electrons. The first-order valence-corrected chi connectivity index (χ1v) is 11.7. The summed E-state index contributed by atoms with van der Waals surface area (Å²) in [6, 6.07) is 12.9. The highest BCUT2D eigenvalue weighted by molar-refractivity contribution is 7.99. The van der Waals surface area contributed by atoms with E-state index >= 15 is 0 Å². The minimum absolute atomic E-state index is 0.125. The van der Waals surface area contributed by atoms with E-state index in [1.165, 1.54) is 11.8 Å². The molecule has 33 heavy (non-hydrogen) atoms. The summed E-state index contributed by atoms with van der Waals surface area (Å²) in [5, 5.41) is 15.0. The maximum atomic E-state index is 12.6. The van der Waals surface area contributed by atoms with Gasteiger partial charge in [0.15, 0.2) is 11.0 Å². The molecule has 0 spiro atoms. The van der Waals surface area contributed by atoms with Crippen molar-refractivity contribution in [3.05, 3.63) is 83.2 Å². The van der Waals surface area contributed by atoms with Gasteiger partial charge in [0.05, 0.1) is 11.8 Å². The number of aryl methyl sites for hydroxylation is 3. The highest BCUT2D eigenvalue weighted by Crippen LogP contribution is 2.22. The second kappa shape index (κ2) is 11.0. The van der Waals surface area contributed by atoms with Crippen molar-refractivity contribution in [1.82, 2.24) is 20.1 Å². The normalized spacial score (nSPS) is 11.6. The molecule has 3 aromatic rings. The van der Waals surface area contributed by atoms with Crippen LogP contribution in [0.15, 0.2) is 60.3 Å². The predicted octanol–water partition coefficient (Wildman–Crippen LogP) is 4.61. The maximum absolute atomic E-state index is 12.6. The summed E-state index contributed by atoms with van der Waals surface area (Å²) in [6.45, 7) is 12.1. The van der Waals surface area contributed by atoms with Crippen LogP contribution in [-0.2, 0) is 11.3 Å². The molecule has 2 N–H and O–H groups in total. The molecular formula is C25H29N5O2S. The van der Waals surface area contributed by atoms with Gasteiger partial charge in [0.2, 0.25) is 5.91 Å². The van der Waals surface area contributed by atoms with Crippen LogP contribution in [0.4, 0.5) is 5.69 Å². The van der Waals surface area contributed by atoms with E-state index in [1.54, 1.807) is 18.2 Å². The Morgan fingerprint density at radius 3 is 2.36 bits per heavy atom. The zero-order valence-corrected chi connectivity index (χ0v) is 20.2. The summed E-state index contributed by atoms with van der Waals surface area (Å²) in [5.74, 6) is 0.484. The first-order valence-electron chi connectivity index (χ1n) is 10.7. The van der Waals surface area contributed by atoms with Crippen molar-refractivity contribution in [3.8, 4) is 0 Å². The number of carbonyl (C=O) groups is 2. The van der Waals surface area contributed by atoms with E-state index in [-0.39, 0.29) is 23.6 Å². The lowest BCUT2D eigenvalue weighted by Gasteiger charge is -2.15. The summed E-state index contributed by atoms with van der Waals surface area (Å²) in [4.78, 5) is 25.1. The van der Waals surface area contributed by atoms with Crippen molar-refractivity contribution in [2.24, 2.45) is 0 Å². The van der Waals surface area contributed by atoms with Crippen molar-refractivity contribution in [2.75, 3.05) is 11.1 Å². The van der Waals surface area contributed by atoms with Gasteiger partial charge < -0.3 is 15.2 Å². The quantitative estimate of drug-likeness (QED) is 0.357. The number of carbonyl (C=O) groups excluding carboxylic acids is 2. The van der Waals surface area contributed by atoms with E-state index in [2.05, 4.69) is 33.5 Å². The standard InChI is InChI=1S/C25H29N5O2S/c1-6-11-30-23(19(5)26-24(32)20-9-7-16(2)8-10-20)28-29-25(30)33-15-22(31)27-21-13-17(3)12-18(4)14-21/h6-10,12-14,19H,1,11,15H2,2-5H3,(H,26,32)(H,27,31)/t19-/m1/s1. The van der Waals surface area contributed by atoms with E-state index in [4.69, 9.17) is 0 Å². The Morgan fingerprint density at radius 1 is 1.06 bits per heavy atom. The van der Waals surface area contributed by atoms with Gasteiger partial charge in [0.25, 0.3) is 5.91 Å². The van der Waals surface area contributed by atoms with Crippen molar-refractivity contribution in [1.29, 1.82) is 0 Å². The van der Waals surface area contributed by atoms with E-state index in [9.17, 15) is 9.59 Å². The average molecular weight is 464 g/mol. The molecule has 0 unspecified atom stereocenters. The Balaban J connectivity index is 1.66. The van der Waals surface area contributed by atoms with Crippen LogP contribution in [0.5, 0.6) is 0 Å². The van der Waals surface area contributed by atoms with Gasteiger partial charge in [-0.25, -0.2) is 0 Å². The van der Waals surface area contributed by atoms with Crippen LogP contribution in [0.2, 0.25) is 0 Å². The van der Waals surface area contributed by atoms with Crippen LogP contribution in [0, 0.1) is 20.8 Å². The first kappa shape index (κ1) is 24.3. The fraction of sp³-hybridized carbons (Fsp3) is 0.280. The maximum Gasteiger partial charge on any atom is 0.251 e. The van der Waals surface area contributed by atoms with E-state index in [0.29, 0.717) is 23.1 Å². The highest BCUT2D eigenvalue weighted by atomic mass is 32.2. The number of benzene rings is 2. The molecule has 8 heteroatoms. The molecule has 0 radical (unpaired) electrons. The summed E-state index contributed by atoms with van der Waals surface area (Å²) in [6.07, 6.45) is 1.74. The van der Waals surface area contributed by atoms with Crippen LogP contribution in [-0.4, -0.2) is 32.3 Å². The van der Waals surface area contributed by atoms with Crippen molar-refractivity contribution in [2.45, 2.75) is 45.4 Å². The monoisotopic (exact) mass is 463 g/mol. The number of nitrogens with one attached hydrogen (secondary N) is 2. The zero-order chi connectivity index (χ0) is 24.0. The largest absolute Gasteiger partial charge is 0.342 e. The van der Waals surface area contributed by atoms with Gasteiger partial charge in [-0.2, -0.15) is 0 Å². The SMILES string of the molecule is C=CCn1c(SCC(=O)Nc2cc(C)cc(C)c2)nnc1[C@@H](C)NC(=O)c1ccc(C)cc1. The number of anilines is 1. The third-order valence-electron chi connectivity index (χ3n) is 4.94. The Kier molecular flexibility index (Phi) is 8.06. The molecule has 1 heterocycles. The summed E-state index contributed by atoms with van der Waals surface area (Å²) in [5.41, 5.74) is 4.64. The minimum Gasteiger partial charge on any atom is -0.342 e. The Hall–Kier alpha value is -3.39. The number of nitrogens with zero attached hydrogens (tertiary/aromatic N) is 3. The average Bonchev–Trinajstić information content (AvgIpc) is 3.15. The second-order valence-corrected chi connectivity index (χ2v) is 8.96. The molecule has 0 saturated carbocycles. The lowest BCUT2D eigenvalue weighted by atomic mass is 10.1. The van der Waals surface area contributed by atoms with Gasteiger partial charge >= 0.3 is 0 Å². The molecule has 2 aromatic carbocycles. The summed E-state index contributed by atoms with van der Waals surface area (Å²) >= 11 is 1.29. The number of allylic oxidation sites excluding steroid dienone is 1. The van der Waals surface area contributed by atoms with E-state index in [1.807, 2.05) is 56.5 Å². The lowest BCUT2D eigenvalue weighted by Crippen LogP contribution is -2.28. The molecule has 3 rings (SSSR count). The Bertz CT molecular complexity index is 1130. The Morgan fingerprint density at radius 2 is 1.73 bits per heavy atom. The molecule has 0 aliphatic rings. The van der Waals surface area contributed by atoms with E-state index < -0.39 is 0 Å². The minimum atomic E-state index is -0.371. The number of amides is 2. The van der Waals surface area contributed by atoms with Crippen LogP contribution in [0.1, 0.15) is 45.8 Å². The van der Waals surface area contributed by atoms with E-state index in [0.717, 1.165) is 22.4 Å². The smallest absolute Gasteiger partial charge is 0.251 e. The van der Waals surface area contributed by atoms with Gasteiger partial charge in [0, 0.05) is 17.8 Å². The molecule has 0 fully saturated rings. The molecule has 2 amide bonds. The van der Waals surface area contributed by atoms with Crippen LogP contribution in [0.3, 0.4) is 0 Å². The van der Waals surface area contributed by atoms with Crippen LogP contribution < -0.4 is 10.6 Å². The molecule has 1 atom stereocenters. The van der Waals surface area contributed by atoms with Crippen molar-refractivity contribution in [3.63, 3.8) is 0 Å². The van der Waals surface area contributed by atoms with Gasteiger partial charge in [-0.15, -0.1) is 16.8 Å². The molecule has 0 bridgehead atoms. The number of thioether (sulfide) groups is 1. The molecule has 7 nitrogen and oxygen atoms in total. The summed E-state index contributed by atoms with van der Waals surface area (Å²) in [7, 11) is 0. The van der Waals surface area contributed by atoms with Crippen LogP contribution in [0.25, 0.3) is 0 Å². The third kappa shape index (κ3) is 6.55.